The van der Waals surface area contributed by atoms with E-state index in [0.717, 1.165) is 18.4 Å². The SMILES string of the molecule is CC.CNC(=O)C(CC1=CCCC=C1)NC(C)=O. The number of allylic oxidation sites excluding steroid dienone is 3. The molecule has 0 radical (unpaired) electrons. The molecule has 0 heterocycles. The number of amides is 2. The van der Waals surface area contributed by atoms with Gasteiger partial charge in [-0.1, -0.05) is 32.1 Å². The molecule has 1 aliphatic carbocycles. The first-order chi connectivity index (χ1) is 8.63. The van der Waals surface area contributed by atoms with E-state index in [4.69, 9.17) is 0 Å². The first-order valence-corrected chi connectivity index (χ1v) is 6.47. The molecule has 0 aliphatic heterocycles. The minimum Gasteiger partial charge on any atom is -0.357 e. The number of hydrogen-bond acceptors (Lipinski definition) is 2. The van der Waals surface area contributed by atoms with Gasteiger partial charge in [0.05, 0.1) is 0 Å². The van der Waals surface area contributed by atoms with Crippen LogP contribution in [0.25, 0.3) is 0 Å². The molecule has 0 fully saturated rings. The molecule has 1 aliphatic rings. The number of carbonyl (C=O) groups excluding carboxylic acids is 2. The third-order valence-electron chi connectivity index (χ3n) is 2.45. The van der Waals surface area contributed by atoms with Crippen LogP contribution in [0.2, 0.25) is 0 Å². The molecular weight excluding hydrogens is 228 g/mol. The fourth-order valence-corrected chi connectivity index (χ4v) is 1.68. The Labute approximate surface area is 110 Å². The molecule has 0 saturated carbocycles. The first-order valence-electron chi connectivity index (χ1n) is 6.47. The highest BCUT2D eigenvalue weighted by Crippen LogP contribution is 2.15. The largest absolute Gasteiger partial charge is 0.357 e. The number of carbonyl (C=O) groups is 2. The van der Waals surface area contributed by atoms with Crippen LogP contribution in [0, 0.1) is 0 Å². The highest BCUT2D eigenvalue weighted by molar-refractivity contribution is 5.86. The Bertz CT molecular complexity index is 333. The molecule has 2 amide bonds. The third-order valence-corrected chi connectivity index (χ3v) is 2.45. The van der Waals surface area contributed by atoms with Crippen LogP contribution in [0.5, 0.6) is 0 Å². The van der Waals surface area contributed by atoms with Gasteiger partial charge in [-0.15, -0.1) is 0 Å². The molecule has 0 spiro atoms. The molecule has 1 unspecified atom stereocenters. The third kappa shape index (κ3) is 6.23. The van der Waals surface area contributed by atoms with Gasteiger partial charge in [-0.25, -0.2) is 0 Å². The maximum absolute atomic E-state index is 11.5. The lowest BCUT2D eigenvalue weighted by Crippen LogP contribution is -2.45. The standard InChI is InChI=1S/C12H18N2O2.C2H6/c1-9(15)14-11(12(16)13-2)8-10-6-4-3-5-7-10;1-2/h4,6-7,11H,3,5,8H2,1-2H3,(H,13,16)(H,14,15);1-2H3. The highest BCUT2D eigenvalue weighted by Gasteiger charge is 2.19. The zero-order valence-electron chi connectivity index (χ0n) is 11.7. The molecule has 0 saturated heterocycles. The van der Waals surface area contributed by atoms with Crippen LogP contribution in [0.15, 0.2) is 23.8 Å². The second kappa shape index (κ2) is 9.45. The molecule has 2 N–H and O–H groups in total. The number of likely N-dealkylation sites (N-methyl/N-ethyl adjacent to an activating group) is 1. The summed E-state index contributed by atoms with van der Waals surface area (Å²) < 4.78 is 0. The smallest absolute Gasteiger partial charge is 0.242 e. The Morgan fingerprint density at radius 3 is 2.44 bits per heavy atom. The van der Waals surface area contributed by atoms with E-state index in [1.165, 1.54) is 6.92 Å². The summed E-state index contributed by atoms with van der Waals surface area (Å²) in [5.74, 6) is -0.343. The van der Waals surface area contributed by atoms with Crippen molar-refractivity contribution in [2.75, 3.05) is 7.05 Å². The van der Waals surface area contributed by atoms with E-state index < -0.39 is 6.04 Å². The number of rotatable bonds is 4. The van der Waals surface area contributed by atoms with Gasteiger partial charge in [-0.2, -0.15) is 0 Å². The van der Waals surface area contributed by atoms with E-state index in [-0.39, 0.29) is 11.8 Å². The Morgan fingerprint density at radius 1 is 1.33 bits per heavy atom. The Kier molecular flexibility index (Phi) is 8.62. The van der Waals surface area contributed by atoms with Crippen LogP contribution < -0.4 is 10.6 Å². The van der Waals surface area contributed by atoms with Gasteiger partial charge in [0.25, 0.3) is 0 Å². The Balaban J connectivity index is 0.00000137. The molecular formula is C14H24N2O2. The van der Waals surface area contributed by atoms with Crippen molar-refractivity contribution in [2.24, 2.45) is 0 Å². The summed E-state index contributed by atoms with van der Waals surface area (Å²) in [6.07, 6.45) is 8.82. The van der Waals surface area contributed by atoms with Crippen molar-refractivity contribution < 1.29 is 9.59 Å². The fraction of sp³-hybridized carbons (Fsp3) is 0.571. The normalized spacial score (nSPS) is 14.8. The maximum Gasteiger partial charge on any atom is 0.242 e. The molecule has 0 aromatic carbocycles. The number of hydrogen-bond donors (Lipinski definition) is 2. The lowest BCUT2D eigenvalue weighted by molar-refractivity contribution is -0.127. The maximum atomic E-state index is 11.5. The van der Waals surface area contributed by atoms with E-state index in [1.807, 2.05) is 19.9 Å². The second-order valence-corrected chi connectivity index (χ2v) is 3.83. The van der Waals surface area contributed by atoms with Crippen molar-refractivity contribution in [3.8, 4) is 0 Å². The van der Waals surface area contributed by atoms with E-state index in [9.17, 15) is 9.59 Å². The van der Waals surface area contributed by atoms with Gasteiger partial charge in [-0.3, -0.25) is 9.59 Å². The highest BCUT2D eigenvalue weighted by atomic mass is 16.2. The van der Waals surface area contributed by atoms with Gasteiger partial charge in [0.1, 0.15) is 6.04 Å². The molecule has 0 aromatic rings. The number of nitrogens with one attached hydrogen (secondary N) is 2. The van der Waals surface area contributed by atoms with Gasteiger partial charge in [-0.05, 0) is 18.4 Å². The molecule has 4 heteroatoms. The summed E-state index contributed by atoms with van der Waals surface area (Å²) in [4.78, 5) is 22.5. The minimum atomic E-state index is -0.475. The van der Waals surface area contributed by atoms with Crippen LogP contribution in [-0.2, 0) is 9.59 Å². The molecule has 102 valence electrons. The summed E-state index contributed by atoms with van der Waals surface area (Å²) in [5.41, 5.74) is 1.11. The quantitative estimate of drug-likeness (QED) is 0.803. The van der Waals surface area contributed by atoms with Crippen molar-refractivity contribution in [3.63, 3.8) is 0 Å². The zero-order valence-corrected chi connectivity index (χ0v) is 11.7. The summed E-state index contributed by atoms with van der Waals surface area (Å²) in [6, 6.07) is -0.475. The van der Waals surface area contributed by atoms with Crippen LogP contribution in [-0.4, -0.2) is 24.9 Å². The summed E-state index contributed by atoms with van der Waals surface area (Å²) >= 11 is 0. The van der Waals surface area contributed by atoms with Crippen LogP contribution in [0.3, 0.4) is 0 Å². The molecule has 1 atom stereocenters. The monoisotopic (exact) mass is 252 g/mol. The summed E-state index contributed by atoms with van der Waals surface area (Å²) in [6.45, 7) is 5.42. The van der Waals surface area contributed by atoms with Crippen LogP contribution >= 0.6 is 0 Å². The minimum absolute atomic E-state index is 0.157. The average Bonchev–Trinajstić information content (AvgIpc) is 2.40. The van der Waals surface area contributed by atoms with E-state index in [1.54, 1.807) is 7.05 Å². The lowest BCUT2D eigenvalue weighted by Gasteiger charge is -2.17. The Hall–Kier alpha value is -1.58. The second-order valence-electron chi connectivity index (χ2n) is 3.83. The topological polar surface area (TPSA) is 58.2 Å². The summed E-state index contributed by atoms with van der Waals surface area (Å²) in [5, 5.41) is 5.21. The predicted octanol–water partition coefficient (Wildman–Crippen LogP) is 1.93. The van der Waals surface area contributed by atoms with Gasteiger partial charge < -0.3 is 10.6 Å². The molecule has 0 aromatic heterocycles. The molecule has 1 rings (SSSR count). The summed E-state index contributed by atoms with van der Waals surface area (Å²) in [7, 11) is 1.57. The molecule has 0 bridgehead atoms. The van der Waals surface area contributed by atoms with Crippen molar-refractivity contribution in [1.82, 2.24) is 10.6 Å². The van der Waals surface area contributed by atoms with Crippen LogP contribution in [0.4, 0.5) is 0 Å². The van der Waals surface area contributed by atoms with E-state index >= 15 is 0 Å². The zero-order chi connectivity index (χ0) is 14.0. The van der Waals surface area contributed by atoms with Gasteiger partial charge in [0.2, 0.25) is 11.8 Å². The average molecular weight is 252 g/mol. The van der Waals surface area contributed by atoms with Gasteiger partial charge in [0.15, 0.2) is 0 Å². The van der Waals surface area contributed by atoms with E-state index in [0.29, 0.717) is 6.42 Å². The van der Waals surface area contributed by atoms with Gasteiger partial charge in [0, 0.05) is 20.4 Å². The predicted molar refractivity (Wildman–Crippen MR) is 74.1 cm³/mol. The van der Waals surface area contributed by atoms with Crippen molar-refractivity contribution in [1.29, 1.82) is 0 Å². The van der Waals surface area contributed by atoms with Crippen molar-refractivity contribution in [2.45, 2.75) is 46.1 Å². The lowest BCUT2D eigenvalue weighted by atomic mass is 9.99. The first kappa shape index (κ1) is 16.4. The Morgan fingerprint density at radius 2 is 2.00 bits per heavy atom. The van der Waals surface area contributed by atoms with Crippen molar-refractivity contribution >= 4 is 11.8 Å². The molecule has 4 nitrogen and oxygen atoms in total. The fourth-order valence-electron chi connectivity index (χ4n) is 1.68. The van der Waals surface area contributed by atoms with Gasteiger partial charge >= 0.3 is 0 Å². The molecule has 18 heavy (non-hydrogen) atoms. The van der Waals surface area contributed by atoms with Crippen molar-refractivity contribution in [3.05, 3.63) is 23.8 Å². The van der Waals surface area contributed by atoms with E-state index in [2.05, 4.69) is 22.8 Å². The van der Waals surface area contributed by atoms with Crippen LogP contribution in [0.1, 0.15) is 40.0 Å².